The Balaban J connectivity index is 1.96. The zero-order chi connectivity index (χ0) is 25.1. The number of phenols is 1. The van der Waals surface area contributed by atoms with Gasteiger partial charge in [0.1, 0.15) is 17.8 Å². The third-order valence-electron chi connectivity index (χ3n) is 4.93. The Labute approximate surface area is 202 Å². The molecular weight excluding hydrogens is 458 g/mol. The number of benzene rings is 2. The summed E-state index contributed by atoms with van der Waals surface area (Å²) in [4.78, 5) is 49.0. The summed E-state index contributed by atoms with van der Waals surface area (Å²) in [6.45, 7) is -0.396. The predicted octanol–water partition coefficient (Wildman–Crippen LogP) is -0.994. The van der Waals surface area contributed by atoms with Crippen LogP contribution in [0.3, 0.4) is 0 Å². The summed E-state index contributed by atoms with van der Waals surface area (Å²) >= 11 is 4.01. The number of amides is 4. The van der Waals surface area contributed by atoms with Gasteiger partial charge in [-0.3, -0.25) is 19.2 Å². The monoisotopic (exact) mass is 487 g/mol. The molecule has 2 rings (SSSR count). The highest BCUT2D eigenvalue weighted by Crippen LogP contribution is 2.11. The van der Waals surface area contributed by atoms with E-state index < -0.39 is 48.3 Å². The Morgan fingerprint density at radius 3 is 2.06 bits per heavy atom. The summed E-state index contributed by atoms with van der Waals surface area (Å²) in [7, 11) is 0. The Morgan fingerprint density at radius 2 is 1.47 bits per heavy atom. The molecule has 0 saturated heterocycles. The van der Waals surface area contributed by atoms with E-state index in [0.717, 1.165) is 11.1 Å². The highest BCUT2D eigenvalue weighted by Gasteiger charge is 2.25. The molecule has 0 heterocycles. The summed E-state index contributed by atoms with van der Waals surface area (Å²) in [5.41, 5.74) is 12.7. The third kappa shape index (κ3) is 8.75. The Hall–Kier alpha value is -3.57. The van der Waals surface area contributed by atoms with Gasteiger partial charge in [0.25, 0.3) is 0 Å². The fourth-order valence-corrected chi connectivity index (χ4v) is 3.33. The van der Waals surface area contributed by atoms with Crippen LogP contribution in [-0.2, 0) is 32.0 Å². The first-order valence-electron chi connectivity index (χ1n) is 10.5. The van der Waals surface area contributed by atoms with Gasteiger partial charge in [0.05, 0.1) is 12.6 Å². The van der Waals surface area contributed by atoms with Crippen LogP contribution < -0.4 is 27.4 Å². The molecule has 0 aliphatic rings. The SMILES string of the molecule is NC(=O)[C@H](CS)NC(=O)[C@@H](Cc1ccccc1)NC(=O)CNC(=O)[C@@H](N)Cc1ccc(O)cc1. The topological polar surface area (TPSA) is 177 Å². The van der Waals surface area contributed by atoms with Crippen molar-refractivity contribution in [3.8, 4) is 5.75 Å². The highest BCUT2D eigenvalue weighted by atomic mass is 32.1. The van der Waals surface area contributed by atoms with Crippen LogP contribution in [-0.4, -0.2) is 59.2 Å². The molecule has 11 heteroatoms. The molecule has 0 unspecified atom stereocenters. The molecule has 34 heavy (non-hydrogen) atoms. The van der Waals surface area contributed by atoms with Crippen molar-refractivity contribution in [1.29, 1.82) is 0 Å². The normalized spacial score (nSPS) is 13.2. The van der Waals surface area contributed by atoms with E-state index in [9.17, 15) is 24.3 Å². The van der Waals surface area contributed by atoms with E-state index in [-0.39, 0.29) is 24.3 Å². The number of hydrogen-bond donors (Lipinski definition) is 7. The minimum absolute atomic E-state index is 0.00204. The average Bonchev–Trinajstić information content (AvgIpc) is 2.82. The lowest BCUT2D eigenvalue weighted by Crippen LogP contribution is -2.55. The molecule has 2 aromatic rings. The summed E-state index contributed by atoms with van der Waals surface area (Å²) < 4.78 is 0. The first-order valence-corrected chi connectivity index (χ1v) is 11.2. The van der Waals surface area contributed by atoms with Crippen LogP contribution in [0.15, 0.2) is 54.6 Å². The van der Waals surface area contributed by atoms with Crippen molar-refractivity contribution >= 4 is 36.3 Å². The van der Waals surface area contributed by atoms with E-state index in [1.165, 1.54) is 12.1 Å². The number of carbonyl (C=O) groups is 4. The largest absolute Gasteiger partial charge is 0.508 e. The zero-order valence-corrected chi connectivity index (χ0v) is 19.3. The van der Waals surface area contributed by atoms with Gasteiger partial charge in [0, 0.05) is 12.2 Å². The molecule has 0 saturated carbocycles. The maximum Gasteiger partial charge on any atom is 0.243 e. The second-order valence-electron chi connectivity index (χ2n) is 7.65. The number of primary amides is 1. The molecule has 0 fully saturated rings. The molecule has 0 spiro atoms. The summed E-state index contributed by atoms with van der Waals surface area (Å²) in [5.74, 6) is -2.40. The first kappa shape index (κ1) is 26.7. The van der Waals surface area contributed by atoms with Crippen LogP contribution in [0, 0.1) is 0 Å². The van der Waals surface area contributed by atoms with Gasteiger partial charge in [-0.1, -0.05) is 42.5 Å². The lowest BCUT2D eigenvalue weighted by Gasteiger charge is -2.21. The number of nitrogens with two attached hydrogens (primary N) is 2. The van der Waals surface area contributed by atoms with Gasteiger partial charge >= 0.3 is 0 Å². The van der Waals surface area contributed by atoms with Gasteiger partial charge in [-0.2, -0.15) is 12.6 Å². The molecule has 182 valence electrons. The van der Waals surface area contributed by atoms with Crippen molar-refractivity contribution in [3.63, 3.8) is 0 Å². The number of nitrogens with one attached hydrogen (secondary N) is 3. The Kier molecular flexibility index (Phi) is 10.4. The van der Waals surface area contributed by atoms with Gasteiger partial charge in [-0.25, -0.2) is 0 Å². The van der Waals surface area contributed by atoms with Crippen LogP contribution in [0.25, 0.3) is 0 Å². The van der Waals surface area contributed by atoms with Gasteiger partial charge in [0.15, 0.2) is 0 Å². The predicted molar refractivity (Wildman–Crippen MR) is 130 cm³/mol. The van der Waals surface area contributed by atoms with Gasteiger partial charge in [-0.15, -0.1) is 0 Å². The highest BCUT2D eigenvalue weighted by molar-refractivity contribution is 7.80. The van der Waals surface area contributed by atoms with Crippen LogP contribution in [0.5, 0.6) is 5.75 Å². The lowest BCUT2D eigenvalue weighted by atomic mass is 10.0. The summed E-state index contributed by atoms with van der Waals surface area (Å²) in [6.07, 6.45) is 0.371. The molecular formula is C23H29N5O5S. The van der Waals surface area contributed by atoms with Crippen LogP contribution >= 0.6 is 12.6 Å². The quantitative estimate of drug-likeness (QED) is 0.189. The fourth-order valence-electron chi connectivity index (χ4n) is 3.06. The zero-order valence-electron chi connectivity index (χ0n) is 18.4. The molecule has 0 bridgehead atoms. The van der Waals surface area contributed by atoms with Crippen molar-refractivity contribution in [2.24, 2.45) is 11.5 Å². The molecule has 0 aliphatic carbocycles. The van der Waals surface area contributed by atoms with Crippen molar-refractivity contribution in [2.45, 2.75) is 31.0 Å². The number of rotatable bonds is 12. The molecule has 3 atom stereocenters. The maximum atomic E-state index is 12.7. The lowest BCUT2D eigenvalue weighted by molar-refractivity contribution is -0.131. The smallest absolute Gasteiger partial charge is 0.243 e. The van der Waals surface area contributed by atoms with Crippen LogP contribution in [0.1, 0.15) is 11.1 Å². The number of phenolic OH excluding ortho intramolecular Hbond substituents is 1. The van der Waals surface area contributed by atoms with Gasteiger partial charge < -0.3 is 32.5 Å². The summed E-state index contributed by atoms with van der Waals surface area (Å²) in [5, 5.41) is 16.8. The molecule has 2 aromatic carbocycles. The number of aromatic hydroxyl groups is 1. The number of thiol groups is 1. The van der Waals surface area contributed by atoms with Crippen molar-refractivity contribution in [1.82, 2.24) is 16.0 Å². The molecule has 0 aliphatic heterocycles. The molecule has 4 amide bonds. The van der Waals surface area contributed by atoms with E-state index in [4.69, 9.17) is 11.5 Å². The van der Waals surface area contributed by atoms with Gasteiger partial charge in [0.2, 0.25) is 23.6 Å². The van der Waals surface area contributed by atoms with Crippen molar-refractivity contribution in [2.75, 3.05) is 12.3 Å². The minimum atomic E-state index is -1.01. The van der Waals surface area contributed by atoms with E-state index in [0.29, 0.717) is 0 Å². The third-order valence-corrected chi connectivity index (χ3v) is 5.29. The second-order valence-corrected chi connectivity index (χ2v) is 8.02. The Bertz CT molecular complexity index is 987. The van der Waals surface area contributed by atoms with Crippen molar-refractivity contribution in [3.05, 3.63) is 65.7 Å². The van der Waals surface area contributed by atoms with E-state index in [2.05, 4.69) is 28.6 Å². The summed E-state index contributed by atoms with van der Waals surface area (Å²) in [6, 6.07) is 12.3. The van der Waals surface area contributed by atoms with Crippen LogP contribution in [0.2, 0.25) is 0 Å². The maximum absolute atomic E-state index is 12.7. The Morgan fingerprint density at radius 1 is 0.853 bits per heavy atom. The van der Waals surface area contributed by atoms with E-state index in [1.807, 2.05) is 6.07 Å². The fraction of sp³-hybridized carbons (Fsp3) is 0.304. The van der Waals surface area contributed by atoms with Crippen LogP contribution in [0.4, 0.5) is 0 Å². The first-order chi connectivity index (χ1) is 16.2. The molecule has 10 nitrogen and oxygen atoms in total. The average molecular weight is 488 g/mol. The van der Waals surface area contributed by atoms with Gasteiger partial charge in [-0.05, 0) is 29.7 Å². The molecule has 0 radical (unpaired) electrons. The second kappa shape index (κ2) is 13.2. The number of carbonyl (C=O) groups excluding carboxylic acids is 4. The molecule has 8 N–H and O–H groups in total. The van der Waals surface area contributed by atoms with Crippen molar-refractivity contribution < 1.29 is 24.3 Å². The van der Waals surface area contributed by atoms with E-state index >= 15 is 0 Å². The molecule has 0 aromatic heterocycles. The van der Waals surface area contributed by atoms with E-state index in [1.54, 1.807) is 36.4 Å². The number of hydrogen-bond acceptors (Lipinski definition) is 7. The minimum Gasteiger partial charge on any atom is -0.508 e. The standard InChI is InChI=1S/C23H29N5O5S/c24-17(10-15-6-8-16(29)9-7-15)22(32)26-12-20(30)27-18(11-14-4-2-1-3-5-14)23(33)28-19(13-34)21(25)31/h1-9,17-19,29,34H,10-13,24H2,(H2,25,31)(H,26,32)(H,27,30)(H,28,33)/t17-,18+,19-/m0/s1.